The summed E-state index contributed by atoms with van der Waals surface area (Å²) in [7, 11) is 3.18. The number of rotatable bonds is 2. The molecule has 0 radical (unpaired) electrons. The number of benzene rings is 1. The third kappa shape index (κ3) is 2.03. The number of nitrogens with zero attached hydrogens (tertiary/aromatic N) is 1. The van der Waals surface area contributed by atoms with Crippen molar-refractivity contribution < 1.29 is 14.3 Å². The summed E-state index contributed by atoms with van der Waals surface area (Å²) in [4.78, 5) is 4.72. The number of fused-ring (bicyclic) bond motifs is 1. The van der Waals surface area contributed by atoms with Crippen LogP contribution in [0.3, 0.4) is 0 Å². The fourth-order valence-electron chi connectivity index (χ4n) is 1.56. The summed E-state index contributed by atoms with van der Waals surface area (Å²) in [6, 6.07) is 5.79. The van der Waals surface area contributed by atoms with E-state index in [1.165, 1.54) is 7.11 Å². The van der Waals surface area contributed by atoms with Crippen molar-refractivity contribution in [2.75, 3.05) is 20.8 Å². The van der Waals surface area contributed by atoms with E-state index in [2.05, 4.69) is 5.16 Å². The third-order valence-electron chi connectivity index (χ3n) is 2.28. The molecule has 0 aliphatic carbocycles. The van der Waals surface area contributed by atoms with Gasteiger partial charge < -0.3 is 14.3 Å². The van der Waals surface area contributed by atoms with Crippen LogP contribution in [0.2, 0.25) is 0 Å². The van der Waals surface area contributed by atoms with E-state index in [0.717, 1.165) is 29.2 Å². The van der Waals surface area contributed by atoms with Gasteiger partial charge in [0.2, 0.25) is 0 Å². The van der Waals surface area contributed by atoms with Crippen molar-refractivity contribution in [2.24, 2.45) is 5.16 Å². The van der Waals surface area contributed by atoms with Crippen molar-refractivity contribution in [3.8, 4) is 11.5 Å². The summed E-state index contributed by atoms with van der Waals surface area (Å²) in [5, 5.41) is 3.89. The molecule has 0 saturated heterocycles. The quantitative estimate of drug-likeness (QED) is 0.692. The van der Waals surface area contributed by atoms with E-state index in [1.54, 1.807) is 7.11 Å². The second-order valence-corrected chi connectivity index (χ2v) is 3.28. The van der Waals surface area contributed by atoms with Crippen LogP contribution < -0.4 is 9.47 Å². The Morgan fingerprint density at radius 1 is 1.33 bits per heavy atom. The van der Waals surface area contributed by atoms with Gasteiger partial charge in [-0.15, -0.1) is 0 Å². The monoisotopic (exact) mass is 207 g/mol. The van der Waals surface area contributed by atoms with Crippen LogP contribution in [0.15, 0.2) is 23.4 Å². The van der Waals surface area contributed by atoms with Crippen molar-refractivity contribution >= 4 is 5.71 Å². The molecule has 0 aromatic heterocycles. The lowest BCUT2D eigenvalue weighted by Gasteiger charge is -2.18. The molecule has 0 atom stereocenters. The highest BCUT2D eigenvalue weighted by molar-refractivity contribution is 5.89. The lowest BCUT2D eigenvalue weighted by atomic mass is 10.1. The van der Waals surface area contributed by atoms with E-state index in [1.807, 2.05) is 18.2 Å². The van der Waals surface area contributed by atoms with Gasteiger partial charge in [-0.2, -0.15) is 0 Å². The molecule has 0 saturated carbocycles. The summed E-state index contributed by atoms with van der Waals surface area (Å²) < 4.78 is 10.7. The fraction of sp³-hybridized carbons (Fsp3) is 0.364. The van der Waals surface area contributed by atoms with Crippen LogP contribution >= 0.6 is 0 Å². The highest BCUT2D eigenvalue weighted by Crippen LogP contribution is 2.28. The molecular formula is C11H13NO3. The van der Waals surface area contributed by atoms with Gasteiger partial charge in [0, 0.05) is 18.1 Å². The Hall–Kier alpha value is -1.71. The van der Waals surface area contributed by atoms with Crippen LogP contribution in [0.25, 0.3) is 0 Å². The standard InChI is InChI=1S/C11H13NO3/c1-13-10-4-3-8-5-9(12-14-2)7-15-11(8)6-10/h3-4,6H,5,7H2,1-2H3. The van der Waals surface area contributed by atoms with E-state index < -0.39 is 0 Å². The zero-order valence-corrected chi connectivity index (χ0v) is 8.82. The number of hydrogen-bond acceptors (Lipinski definition) is 4. The van der Waals surface area contributed by atoms with Crippen molar-refractivity contribution in [1.82, 2.24) is 0 Å². The maximum absolute atomic E-state index is 5.54. The molecule has 0 amide bonds. The Balaban J connectivity index is 2.24. The van der Waals surface area contributed by atoms with Crippen molar-refractivity contribution in [1.29, 1.82) is 0 Å². The summed E-state index contributed by atoms with van der Waals surface area (Å²) in [6.45, 7) is 0.480. The Morgan fingerprint density at radius 3 is 2.93 bits per heavy atom. The third-order valence-corrected chi connectivity index (χ3v) is 2.28. The molecule has 0 unspecified atom stereocenters. The van der Waals surface area contributed by atoms with Gasteiger partial charge in [0.1, 0.15) is 25.2 Å². The van der Waals surface area contributed by atoms with Crippen molar-refractivity contribution in [3.05, 3.63) is 23.8 Å². The topological polar surface area (TPSA) is 40.0 Å². The molecule has 0 spiro atoms. The maximum Gasteiger partial charge on any atom is 0.130 e. The summed E-state index contributed by atoms with van der Waals surface area (Å²) in [5.41, 5.74) is 2.01. The number of oxime groups is 1. The minimum atomic E-state index is 0.480. The lowest BCUT2D eigenvalue weighted by molar-refractivity contribution is 0.208. The van der Waals surface area contributed by atoms with E-state index in [0.29, 0.717) is 6.61 Å². The molecular weight excluding hydrogens is 194 g/mol. The van der Waals surface area contributed by atoms with E-state index >= 15 is 0 Å². The van der Waals surface area contributed by atoms with E-state index in [9.17, 15) is 0 Å². The van der Waals surface area contributed by atoms with Crippen LogP contribution in [-0.2, 0) is 11.3 Å². The summed E-state index contributed by atoms with van der Waals surface area (Å²) >= 11 is 0. The van der Waals surface area contributed by atoms with Gasteiger partial charge in [-0.1, -0.05) is 11.2 Å². The van der Waals surface area contributed by atoms with Crippen molar-refractivity contribution in [3.63, 3.8) is 0 Å². The van der Waals surface area contributed by atoms with Gasteiger partial charge in [0.15, 0.2) is 0 Å². The Bertz CT molecular complexity index is 387. The van der Waals surface area contributed by atoms with Gasteiger partial charge >= 0.3 is 0 Å². The molecule has 2 rings (SSSR count). The smallest absolute Gasteiger partial charge is 0.130 e. The van der Waals surface area contributed by atoms with Crippen LogP contribution in [0, 0.1) is 0 Å². The normalized spacial score (nSPS) is 16.8. The highest BCUT2D eigenvalue weighted by atomic mass is 16.6. The zero-order chi connectivity index (χ0) is 10.7. The molecule has 0 bridgehead atoms. The number of hydrogen-bond donors (Lipinski definition) is 0. The molecule has 1 aromatic carbocycles. The second-order valence-electron chi connectivity index (χ2n) is 3.28. The number of methoxy groups -OCH3 is 1. The average Bonchev–Trinajstić information content (AvgIpc) is 2.29. The van der Waals surface area contributed by atoms with Gasteiger partial charge in [0.05, 0.1) is 12.8 Å². The summed E-state index contributed by atoms with van der Waals surface area (Å²) in [6.07, 6.45) is 0.771. The predicted molar refractivity (Wildman–Crippen MR) is 56.6 cm³/mol. The van der Waals surface area contributed by atoms with E-state index in [4.69, 9.17) is 14.3 Å². The summed E-state index contributed by atoms with van der Waals surface area (Å²) in [5.74, 6) is 1.67. The first-order valence-corrected chi connectivity index (χ1v) is 4.72. The molecule has 0 N–H and O–H groups in total. The molecule has 1 aliphatic heterocycles. The van der Waals surface area contributed by atoms with Crippen LogP contribution in [0.1, 0.15) is 5.56 Å². The van der Waals surface area contributed by atoms with Gasteiger partial charge in [-0.25, -0.2) is 0 Å². The first-order chi connectivity index (χ1) is 7.33. The molecule has 1 aromatic rings. The second kappa shape index (κ2) is 4.21. The lowest BCUT2D eigenvalue weighted by Crippen LogP contribution is -2.20. The van der Waals surface area contributed by atoms with Crippen molar-refractivity contribution in [2.45, 2.75) is 6.42 Å². The van der Waals surface area contributed by atoms with Gasteiger partial charge in [0.25, 0.3) is 0 Å². The highest BCUT2D eigenvalue weighted by Gasteiger charge is 2.16. The largest absolute Gasteiger partial charge is 0.497 e. The maximum atomic E-state index is 5.54. The van der Waals surface area contributed by atoms with Gasteiger partial charge in [-0.3, -0.25) is 0 Å². The molecule has 80 valence electrons. The average molecular weight is 207 g/mol. The van der Waals surface area contributed by atoms with E-state index in [-0.39, 0.29) is 0 Å². The number of ether oxygens (including phenoxy) is 2. The molecule has 4 heteroatoms. The molecule has 0 fully saturated rings. The van der Waals surface area contributed by atoms with Gasteiger partial charge in [-0.05, 0) is 6.07 Å². The first kappa shape index (κ1) is 9.83. The zero-order valence-electron chi connectivity index (χ0n) is 8.82. The first-order valence-electron chi connectivity index (χ1n) is 4.72. The minimum Gasteiger partial charge on any atom is -0.497 e. The predicted octanol–water partition coefficient (Wildman–Crippen LogP) is 1.63. The van der Waals surface area contributed by atoms with Crippen LogP contribution in [0.4, 0.5) is 0 Å². The SMILES string of the molecule is CON=C1COc2cc(OC)ccc2C1. The van der Waals surface area contributed by atoms with Crippen LogP contribution in [0.5, 0.6) is 11.5 Å². The molecule has 15 heavy (non-hydrogen) atoms. The molecule has 4 nitrogen and oxygen atoms in total. The molecule has 1 heterocycles. The fourth-order valence-corrected chi connectivity index (χ4v) is 1.56. The Labute approximate surface area is 88.4 Å². The Morgan fingerprint density at radius 2 is 2.20 bits per heavy atom. The molecule has 1 aliphatic rings. The van der Waals surface area contributed by atoms with Crippen LogP contribution in [-0.4, -0.2) is 26.5 Å². The Kier molecular flexibility index (Phi) is 2.76. The minimum absolute atomic E-state index is 0.480.